The van der Waals surface area contributed by atoms with Gasteiger partial charge < -0.3 is 4.74 Å². The van der Waals surface area contributed by atoms with E-state index >= 15 is 0 Å². The molecule has 0 bridgehead atoms. The van der Waals surface area contributed by atoms with Gasteiger partial charge in [0.1, 0.15) is 0 Å². The molecule has 2 aliphatic rings. The van der Waals surface area contributed by atoms with Crippen LogP contribution in [-0.4, -0.2) is 12.2 Å². The van der Waals surface area contributed by atoms with Crippen LogP contribution < -0.4 is 0 Å². The molecule has 1 nitrogen and oxygen atoms in total. The molecule has 70 valence electrons. The van der Waals surface area contributed by atoms with Crippen LogP contribution in [0.15, 0.2) is 0 Å². The van der Waals surface area contributed by atoms with Crippen molar-refractivity contribution in [2.45, 2.75) is 58.2 Å². The Labute approximate surface area is 75.5 Å². The first kappa shape index (κ1) is 8.55. The molecule has 1 saturated carbocycles. The summed E-state index contributed by atoms with van der Waals surface area (Å²) in [6, 6.07) is 0. The van der Waals surface area contributed by atoms with E-state index in [0.717, 1.165) is 11.8 Å². The highest BCUT2D eigenvalue weighted by molar-refractivity contribution is 4.93. The number of fused-ring (bicyclic) bond motifs is 1. The molecule has 12 heavy (non-hydrogen) atoms. The highest BCUT2D eigenvalue weighted by Crippen LogP contribution is 2.43. The fourth-order valence-electron chi connectivity index (χ4n) is 2.82. The van der Waals surface area contributed by atoms with Crippen LogP contribution in [0.3, 0.4) is 0 Å². The van der Waals surface area contributed by atoms with E-state index in [2.05, 4.69) is 13.8 Å². The second-order valence-electron chi connectivity index (χ2n) is 4.36. The van der Waals surface area contributed by atoms with Crippen LogP contribution in [0.1, 0.15) is 46.0 Å². The minimum Gasteiger partial charge on any atom is -0.370 e. The molecule has 2 rings (SSSR count). The number of epoxide rings is 1. The van der Waals surface area contributed by atoms with Crippen molar-refractivity contribution in [1.29, 1.82) is 0 Å². The standard InChI is InChI=1S/C11H20O/c1-3-8(4-2)9-5-6-10-11(7-9)12-10/h8-11H,3-7H2,1-2H3. The highest BCUT2D eigenvalue weighted by atomic mass is 16.6. The highest BCUT2D eigenvalue weighted by Gasteiger charge is 2.44. The Morgan fingerprint density at radius 2 is 1.92 bits per heavy atom. The summed E-state index contributed by atoms with van der Waals surface area (Å²) in [5, 5.41) is 0. The lowest BCUT2D eigenvalue weighted by molar-refractivity contribution is 0.250. The average molecular weight is 168 g/mol. The maximum absolute atomic E-state index is 5.55. The number of ether oxygens (including phenoxy) is 1. The molecule has 1 aliphatic heterocycles. The maximum Gasteiger partial charge on any atom is 0.0844 e. The fourth-order valence-corrected chi connectivity index (χ4v) is 2.82. The molecule has 1 aliphatic carbocycles. The molecular formula is C11H20O. The summed E-state index contributed by atoms with van der Waals surface area (Å²) in [7, 11) is 0. The number of rotatable bonds is 3. The van der Waals surface area contributed by atoms with Crippen molar-refractivity contribution in [3.63, 3.8) is 0 Å². The lowest BCUT2D eigenvalue weighted by atomic mass is 9.78. The second-order valence-corrected chi connectivity index (χ2v) is 4.36. The molecule has 0 radical (unpaired) electrons. The lowest BCUT2D eigenvalue weighted by Crippen LogP contribution is -2.20. The van der Waals surface area contributed by atoms with Crippen LogP contribution in [0.2, 0.25) is 0 Å². The molecular weight excluding hydrogens is 148 g/mol. The zero-order valence-electron chi connectivity index (χ0n) is 8.25. The van der Waals surface area contributed by atoms with Crippen molar-refractivity contribution in [2.75, 3.05) is 0 Å². The summed E-state index contributed by atoms with van der Waals surface area (Å²) < 4.78 is 5.55. The van der Waals surface area contributed by atoms with Crippen molar-refractivity contribution in [3.8, 4) is 0 Å². The fraction of sp³-hybridized carbons (Fsp3) is 1.00. The van der Waals surface area contributed by atoms with Crippen LogP contribution in [-0.2, 0) is 4.74 Å². The van der Waals surface area contributed by atoms with Gasteiger partial charge in [0.25, 0.3) is 0 Å². The molecule has 1 heteroatoms. The molecule has 0 aromatic carbocycles. The van der Waals surface area contributed by atoms with Crippen LogP contribution in [0.25, 0.3) is 0 Å². The number of hydrogen-bond acceptors (Lipinski definition) is 1. The zero-order chi connectivity index (χ0) is 8.55. The molecule has 0 aromatic heterocycles. The van der Waals surface area contributed by atoms with Gasteiger partial charge in [-0.1, -0.05) is 26.7 Å². The smallest absolute Gasteiger partial charge is 0.0844 e. The molecule has 1 saturated heterocycles. The van der Waals surface area contributed by atoms with Crippen molar-refractivity contribution < 1.29 is 4.74 Å². The van der Waals surface area contributed by atoms with Gasteiger partial charge in [-0.05, 0) is 31.1 Å². The van der Waals surface area contributed by atoms with Crippen LogP contribution in [0.4, 0.5) is 0 Å². The van der Waals surface area contributed by atoms with Crippen LogP contribution in [0, 0.1) is 11.8 Å². The summed E-state index contributed by atoms with van der Waals surface area (Å²) in [6.07, 6.45) is 8.19. The molecule has 3 atom stereocenters. The van der Waals surface area contributed by atoms with E-state index in [1.165, 1.54) is 32.1 Å². The van der Waals surface area contributed by atoms with E-state index in [4.69, 9.17) is 4.74 Å². The minimum atomic E-state index is 0.671. The largest absolute Gasteiger partial charge is 0.370 e. The molecule has 0 aromatic rings. The van der Waals surface area contributed by atoms with E-state index in [-0.39, 0.29) is 0 Å². The van der Waals surface area contributed by atoms with Gasteiger partial charge >= 0.3 is 0 Å². The third-order valence-corrected chi connectivity index (χ3v) is 3.76. The van der Waals surface area contributed by atoms with E-state index in [1.54, 1.807) is 0 Å². The van der Waals surface area contributed by atoms with Gasteiger partial charge in [0.15, 0.2) is 0 Å². The molecule has 2 fully saturated rings. The van der Waals surface area contributed by atoms with E-state index < -0.39 is 0 Å². The first-order valence-corrected chi connectivity index (χ1v) is 5.50. The third kappa shape index (κ3) is 1.52. The van der Waals surface area contributed by atoms with Crippen molar-refractivity contribution in [3.05, 3.63) is 0 Å². The Morgan fingerprint density at radius 1 is 1.17 bits per heavy atom. The average Bonchev–Trinajstić information content (AvgIpc) is 2.84. The molecule has 0 N–H and O–H groups in total. The van der Waals surface area contributed by atoms with Gasteiger partial charge in [0, 0.05) is 0 Å². The Kier molecular flexibility index (Phi) is 2.40. The SMILES string of the molecule is CCC(CC)C1CCC2OC2C1. The van der Waals surface area contributed by atoms with Gasteiger partial charge in [0.2, 0.25) is 0 Å². The topological polar surface area (TPSA) is 12.5 Å². The summed E-state index contributed by atoms with van der Waals surface area (Å²) >= 11 is 0. The minimum absolute atomic E-state index is 0.671. The molecule has 0 amide bonds. The van der Waals surface area contributed by atoms with E-state index in [0.29, 0.717) is 12.2 Å². The molecule has 3 unspecified atom stereocenters. The maximum atomic E-state index is 5.55. The predicted octanol–water partition coefficient (Wildman–Crippen LogP) is 2.99. The summed E-state index contributed by atoms with van der Waals surface area (Å²) in [5.41, 5.74) is 0. The summed E-state index contributed by atoms with van der Waals surface area (Å²) in [4.78, 5) is 0. The van der Waals surface area contributed by atoms with Crippen LogP contribution >= 0.6 is 0 Å². The Bertz CT molecular complexity index is 151. The van der Waals surface area contributed by atoms with Gasteiger partial charge in [-0.2, -0.15) is 0 Å². The zero-order valence-corrected chi connectivity index (χ0v) is 8.25. The predicted molar refractivity (Wildman–Crippen MR) is 50.1 cm³/mol. The van der Waals surface area contributed by atoms with Crippen molar-refractivity contribution >= 4 is 0 Å². The second kappa shape index (κ2) is 3.37. The van der Waals surface area contributed by atoms with Crippen molar-refractivity contribution in [2.24, 2.45) is 11.8 Å². The Balaban J connectivity index is 1.85. The molecule has 1 heterocycles. The van der Waals surface area contributed by atoms with E-state index in [1.807, 2.05) is 0 Å². The van der Waals surface area contributed by atoms with Gasteiger partial charge in [-0.25, -0.2) is 0 Å². The first-order chi connectivity index (χ1) is 5.85. The normalized spacial score (nSPS) is 39.8. The number of hydrogen-bond donors (Lipinski definition) is 0. The van der Waals surface area contributed by atoms with E-state index in [9.17, 15) is 0 Å². The quantitative estimate of drug-likeness (QED) is 0.590. The van der Waals surface area contributed by atoms with Gasteiger partial charge in [-0.3, -0.25) is 0 Å². The monoisotopic (exact) mass is 168 g/mol. The Hall–Kier alpha value is -0.0400. The van der Waals surface area contributed by atoms with Gasteiger partial charge in [0.05, 0.1) is 12.2 Å². The summed E-state index contributed by atoms with van der Waals surface area (Å²) in [5.74, 6) is 1.94. The summed E-state index contributed by atoms with van der Waals surface area (Å²) in [6.45, 7) is 4.65. The lowest BCUT2D eigenvalue weighted by Gasteiger charge is -2.26. The van der Waals surface area contributed by atoms with Gasteiger partial charge in [-0.15, -0.1) is 0 Å². The van der Waals surface area contributed by atoms with Crippen molar-refractivity contribution in [1.82, 2.24) is 0 Å². The third-order valence-electron chi connectivity index (χ3n) is 3.76. The first-order valence-electron chi connectivity index (χ1n) is 5.50. The Morgan fingerprint density at radius 3 is 2.50 bits per heavy atom. The van der Waals surface area contributed by atoms with Crippen LogP contribution in [0.5, 0.6) is 0 Å². The molecule has 0 spiro atoms.